The Bertz CT molecular complexity index is 1020. The number of rotatable bonds is 5. The molecule has 0 heterocycles. The zero-order valence-electron chi connectivity index (χ0n) is 19.0. The first-order valence-electron chi connectivity index (χ1n) is 12.2. The van der Waals surface area contributed by atoms with Crippen LogP contribution in [0.4, 0.5) is 0 Å². The molecule has 0 saturated heterocycles. The Kier molecular flexibility index (Phi) is 5.63. The topological polar surface area (TPSA) is 83.5 Å². The molecule has 170 valence electrons. The minimum atomic E-state index is -0.398. The summed E-state index contributed by atoms with van der Waals surface area (Å²) in [4.78, 5) is 11.6. The van der Waals surface area contributed by atoms with Crippen LogP contribution in [-0.2, 0) is 19.3 Å². The molecule has 2 aromatic rings. The molecule has 4 N–H and O–H groups in total. The van der Waals surface area contributed by atoms with Crippen molar-refractivity contribution in [1.82, 2.24) is 0 Å². The van der Waals surface area contributed by atoms with E-state index in [1.165, 1.54) is 23.1 Å². The lowest BCUT2D eigenvalue weighted by Gasteiger charge is -2.50. The number of carbonyl (C=O) groups is 1. The van der Waals surface area contributed by atoms with Gasteiger partial charge in [0.05, 0.1) is 6.10 Å². The quantitative estimate of drug-likeness (QED) is 0.666. The Labute approximate surface area is 190 Å². The molecule has 0 bridgehead atoms. The summed E-state index contributed by atoms with van der Waals surface area (Å²) < 4.78 is 0. The molecular weight excluding hydrogens is 398 g/mol. The summed E-state index contributed by atoms with van der Waals surface area (Å²) in [5.74, 6) is 1.57. The van der Waals surface area contributed by atoms with E-state index in [4.69, 9.17) is 5.73 Å². The van der Waals surface area contributed by atoms with E-state index in [9.17, 15) is 15.0 Å². The second kappa shape index (κ2) is 8.31. The number of aryl methyl sites for hydroxylation is 1. The number of carbonyl (C=O) groups excluding carboxylic acids is 1. The van der Waals surface area contributed by atoms with E-state index < -0.39 is 5.91 Å². The summed E-state index contributed by atoms with van der Waals surface area (Å²) >= 11 is 0. The van der Waals surface area contributed by atoms with Crippen LogP contribution in [0.2, 0.25) is 0 Å². The van der Waals surface area contributed by atoms with Crippen LogP contribution in [0, 0.1) is 23.2 Å². The lowest BCUT2D eigenvalue weighted by molar-refractivity contribution is -0.0325. The Hall–Kier alpha value is -2.17. The standard InChI is InChI=1S/C28H35NO3/c1-28-11-9-23-22-7-5-17(10-12-30)13-19(22)6-8-24(23)25(28)16-21(26(28)31)15-18-3-2-4-20(14-18)27(29)32/h2-5,7,13-14,21,23-26,30-31H,6,8-12,15-16H2,1H3,(H2,29,32)/t21-,23+,24+,25-,26-,28-/m0/s1. The fourth-order valence-corrected chi connectivity index (χ4v) is 7.42. The van der Waals surface area contributed by atoms with Crippen molar-refractivity contribution in [3.05, 3.63) is 70.3 Å². The largest absolute Gasteiger partial charge is 0.396 e. The molecule has 5 rings (SSSR count). The minimum absolute atomic E-state index is 0.0263. The van der Waals surface area contributed by atoms with Crippen LogP contribution in [0.25, 0.3) is 0 Å². The zero-order chi connectivity index (χ0) is 22.5. The average Bonchev–Trinajstić information content (AvgIpc) is 3.04. The number of primary amides is 1. The fourth-order valence-electron chi connectivity index (χ4n) is 7.42. The number of hydrogen-bond donors (Lipinski definition) is 3. The molecule has 3 aliphatic carbocycles. The van der Waals surface area contributed by atoms with Crippen molar-refractivity contribution < 1.29 is 15.0 Å². The van der Waals surface area contributed by atoms with Crippen LogP contribution >= 0.6 is 0 Å². The van der Waals surface area contributed by atoms with E-state index in [-0.39, 0.29) is 24.0 Å². The Morgan fingerprint density at radius 3 is 2.78 bits per heavy atom. The lowest BCUT2D eigenvalue weighted by Crippen LogP contribution is -2.44. The van der Waals surface area contributed by atoms with Gasteiger partial charge in [-0.3, -0.25) is 4.79 Å². The number of fused-ring (bicyclic) bond motifs is 5. The highest BCUT2D eigenvalue weighted by Gasteiger charge is 2.57. The summed E-state index contributed by atoms with van der Waals surface area (Å²) in [5.41, 5.74) is 11.3. The molecule has 32 heavy (non-hydrogen) atoms. The Morgan fingerprint density at radius 1 is 1.16 bits per heavy atom. The third-order valence-corrected chi connectivity index (χ3v) is 9.02. The number of aliphatic hydroxyl groups excluding tert-OH is 2. The van der Waals surface area contributed by atoms with E-state index in [0.29, 0.717) is 23.3 Å². The summed E-state index contributed by atoms with van der Waals surface area (Å²) in [7, 11) is 0. The predicted octanol–water partition coefficient (Wildman–Crippen LogP) is 4.01. The van der Waals surface area contributed by atoms with E-state index in [1.54, 1.807) is 6.07 Å². The highest BCUT2D eigenvalue weighted by atomic mass is 16.3. The normalized spacial score (nSPS) is 33.3. The van der Waals surface area contributed by atoms with Crippen LogP contribution in [0.1, 0.15) is 71.1 Å². The summed E-state index contributed by atoms with van der Waals surface area (Å²) in [6, 6.07) is 14.4. The van der Waals surface area contributed by atoms with Crippen molar-refractivity contribution in [2.24, 2.45) is 28.9 Å². The van der Waals surface area contributed by atoms with Gasteiger partial charge in [-0.25, -0.2) is 0 Å². The maximum absolute atomic E-state index is 11.6. The summed E-state index contributed by atoms with van der Waals surface area (Å²) in [6.45, 7) is 2.52. The first-order chi connectivity index (χ1) is 15.4. The van der Waals surface area contributed by atoms with Gasteiger partial charge in [-0.1, -0.05) is 37.3 Å². The highest BCUT2D eigenvalue weighted by Crippen LogP contribution is 2.62. The Balaban J connectivity index is 1.38. The third-order valence-electron chi connectivity index (χ3n) is 9.02. The second-order valence-electron chi connectivity index (χ2n) is 10.7. The maximum atomic E-state index is 11.6. The second-order valence-corrected chi connectivity index (χ2v) is 10.7. The molecule has 2 saturated carbocycles. The summed E-state index contributed by atoms with van der Waals surface area (Å²) in [5, 5.41) is 20.7. The number of amides is 1. The van der Waals surface area contributed by atoms with Crippen molar-refractivity contribution in [2.45, 2.75) is 63.9 Å². The van der Waals surface area contributed by atoms with Crippen molar-refractivity contribution >= 4 is 5.91 Å². The van der Waals surface area contributed by atoms with Gasteiger partial charge in [0.25, 0.3) is 0 Å². The van der Waals surface area contributed by atoms with Gasteiger partial charge in [0.1, 0.15) is 0 Å². The van der Waals surface area contributed by atoms with Crippen molar-refractivity contribution in [1.29, 1.82) is 0 Å². The third kappa shape index (κ3) is 3.58. The fraction of sp³-hybridized carbons (Fsp3) is 0.536. The van der Waals surface area contributed by atoms with Crippen molar-refractivity contribution in [3.8, 4) is 0 Å². The molecule has 2 fully saturated rings. The van der Waals surface area contributed by atoms with Gasteiger partial charge < -0.3 is 15.9 Å². The highest BCUT2D eigenvalue weighted by molar-refractivity contribution is 5.92. The molecule has 4 nitrogen and oxygen atoms in total. The monoisotopic (exact) mass is 433 g/mol. The van der Waals surface area contributed by atoms with Gasteiger partial charge in [-0.05, 0) is 108 Å². The number of nitrogens with two attached hydrogens (primary N) is 1. The molecule has 0 aromatic heterocycles. The van der Waals surface area contributed by atoms with Crippen LogP contribution in [0.3, 0.4) is 0 Å². The molecule has 0 radical (unpaired) electrons. The van der Waals surface area contributed by atoms with Gasteiger partial charge in [0, 0.05) is 12.2 Å². The van der Waals surface area contributed by atoms with Gasteiger partial charge in [-0.15, -0.1) is 0 Å². The van der Waals surface area contributed by atoms with Gasteiger partial charge in [-0.2, -0.15) is 0 Å². The number of hydrogen-bond acceptors (Lipinski definition) is 3. The molecule has 1 amide bonds. The van der Waals surface area contributed by atoms with Crippen LogP contribution in [0.15, 0.2) is 42.5 Å². The first-order valence-corrected chi connectivity index (χ1v) is 12.2. The molecule has 0 aliphatic heterocycles. The smallest absolute Gasteiger partial charge is 0.248 e. The lowest BCUT2D eigenvalue weighted by atomic mass is 9.55. The molecule has 3 aliphatic rings. The number of benzene rings is 2. The predicted molar refractivity (Wildman–Crippen MR) is 125 cm³/mol. The van der Waals surface area contributed by atoms with Crippen LogP contribution < -0.4 is 5.73 Å². The van der Waals surface area contributed by atoms with Crippen molar-refractivity contribution in [3.63, 3.8) is 0 Å². The molecule has 4 heteroatoms. The van der Waals surface area contributed by atoms with Gasteiger partial charge in [0.15, 0.2) is 0 Å². The molecule has 0 unspecified atom stereocenters. The van der Waals surface area contributed by atoms with E-state index in [1.807, 2.05) is 18.2 Å². The van der Waals surface area contributed by atoms with E-state index >= 15 is 0 Å². The molecular formula is C28H35NO3. The first kappa shape index (κ1) is 21.7. The molecule has 2 aromatic carbocycles. The van der Waals surface area contributed by atoms with Crippen molar-refractivity contribution in [2.75, 3.05) is 6.61 Å². The minimum Gasteiger partial charge on any atom is -0.396 e. The van der Waals surface area contributed by atoms with Crippen LogP contribution in [0.5, 0.6) is 0 Å². The molecule has 0 spiro atoms. The van der Waals surface area contributed by atoms with E-state index in [0.717, 1.165) is 44.1 Å². The zero-order valence-corrected chi connectivity index (χ0v) is 19.0. The van der Waals surface area contributed by atoms with Gasteiger partial charge >= 0.3 is 0 Å². The maximum Gasteiger partial charge on any atom is 0.248 e. The SMILES string of the molecule is C[C@]12CC[C@@H]3c4ccc(CCO)cc4CC[C@H]3[C@@H]1C[C@H](Cc1cccc(C(N)=O)c1)[C@@H]2O. The van der Waals surface area contributed by atoms with Gasteiger partial charge in [0.2, 0.25) is 5.91 Å². The van der Waals surface area contributed by atoms with E-state index in [2.05, 4.69) is 25.1 Å². The molecule has 6 atom stereocenters. The number of aliphatic hydroxyl groups is 2. The average molecular weight is 434 g/mol. The van der Waals surface area contributed by atoms with Crippen LogP contribution in [-0.4, -0.2) is 28.8 Å². The Morgan fingerprint density at radius 2 is 2.00 bits per heavy atom. The summed E-state index contributed by atoms with van der Waals surface area (Å²) in [6.07, 6.45) is 6.78.